The maximum atomic E-state index is 10.3. The molecule has 2 rings (SSSR count). The van der Waals surface area contributed by atoms with Crippen LogP contribution >= 0.6 is 0 Å². The van der Waals surface area contributed by atoms with E-state index in [2.05, 4.69) is 11.9 Å². The van der Waals surface area contributed by atoms with Crippen LogP contribution in [-0.2, 0) is 6.42 Å². The molecule has 1 atom stereocenters. The summed E-state index contributed by atoms with van der Waals surface area (Å²) >= 11 is 0. The molecule has 1 aromatic rings. The predicted molar refractivity (Wildman–Crippen MR) is 69.5 cm³/mol. The van der Waals surface area contributed by atoms with Gasteiger partial charge in [-0.25, -0.2) is 0 Å². The lowest BCUT2D eigenvalue weighted by atomic mass is 9.79. The van der Waals surface area contributed by atoms with Crippen molar-refractivity contribution in [1.82, 2.24) is 4.98 Å². The third kappa shape index (κ3) is 3.19. The fourth-order valence-electron chi connectivity index (χ4n) is 2.67. The SMILES string of the molecule is CC1CCC(C(O)Cc2cnccc2N)CC1. The lowest BCUT2D eigenvalue weighted by Gasteiger charge is -2.30. The molecule has 0 aromatic carbocycles. The zero-order valence-electron chi connectivity index (χ0n) is 10.5. The van der Waals surface area contributed by atoms with Gasteiger partial charge in [-0.1, -0.05) is 19.8 Å². The Morgan fingerprint density at radius 3 is 2.76 bits per heavy atom. The van der Waals surface area contributed by atoms with E-state index in [0.29, 0.717) is 12.3 Å². The van der Waals surface area contributed by atoms with Crippen molar-refractivity contribution in [3.05, 3.63) is 24.0 Å². The molecule has 1 saturated carbocycles. The number of nitrogens with two attached hydrogens (primary N) is 1. The number of hydrogen-bond donors (Lipinski definition) is 2. The molecule has 94 valence electrons. The van der Waals surface area contributed by atoms with E-state index in [1.54, 1.807) is 18.5 Å². The van der Waals surface area contributed by atoms with E-state index in [1.165, 1.54) is 12.8 Å². The Labute approximate surface area is 103 Å². The van der Waals surface area contributed by atoms with Gasteiger partial charge in [0.15, 0.2) is 0 Å². The van der Waals surface area contributed by atoms with Crippen LogP contribution in [0.25, 0.3) is 0 Å². The van der Waals surface area contributed by atoms with Crippen LogP contribution in [0.2, 0.25) is 0 Å². The highest BCUT2D eigenvalue weighted by Crippen LogP contribution is 2.31. The van der Waals surface area contributed by atoms with Gasteiger partial charge < -0.3 is 10.8 Å². The van der Waals surface area contributed by atoms with Gasteiger partial charge in [0, 0.05) is 24.5 Å². The molecule has 3 heteroatoms. The predicted octanol–water partition coefficient (Wildman–Crippen LogP) is 2.39. The molecule has 17 heavy (non-hydrogen) atoms. The number of nitrogen functional groups attached to an aromatic ring is 1. The molecule has 3 N–H and O–H groups in total. The number of hydrogen-bond acceptors (Lipinski definition) is 3. The summed E-state index contributed by atoms with van der Waals surface area (Å²) in [6.07, 6.45) is 8.59. The molecule has 1 aliphatic rings. The van der Waals surface area contributed by atoms with Gasteiger partial charge >= 0.3 is 0 Å². The Bertz CT molecular complexity index is 359. The van der Waals surface area contributed by atoms with E-state index >= 15 is 0 Å². The van der Waals surface area contributed by atoms with Crippen LogP contribution in [-0.4, -0.2) is 16.2 Å². The first-order valence-corrected chi connectivity index (χ1v) is 6.53. The number of nitrogens with zero attached hydrogens (tertiary/aromatic N) is 1. The van der Waals surface area contributed by atoms with Crippen molar-refractivity contribution in [2.45, 2.75) is 45.1 Å². The molecule has 1 aliphatic carbocycles. The average molecular weight is 234 g/mol. The molecule has 0 amide bonds. The Morgan fingerprint density at radius 1 is 1.41 bits per heavy atom. The lowest BCUT2D eigenvalue weighted by molar-refractivity contribution is 0.0761. The second-order valence-electron chi connectivity index (χ2n) is 5.37. The highest BCUT2D eigenvalue weighted by molar-refractivity contribution is 5.44. The van der Waals surface area contributed by atoms with Crippen molar-refractivity contribution < 1.29 is 5.11 Å². The summed E-state index contributed by atoms with van der Waals surface area (Å²) in [5.74, 6) is 1.26. The van der Waals surface area contributed by atoms with Crippen molar-refractivity contribution in [2.24, 2.45) is 11.8 Å². The lowest BCUT2D eigenvalue weighted by Crippen LogP contribution is -2.27. The van der Waals surface area contributed by atoms with E-state index in [9.17, 15) is 5.11 Å². The van der Waals surface area contributed by atoms with Gasteiger partial charge in [0.2, 0.25) is 0 Å². The van der Waals surface area contributed by atoms with Gasteiger partial charge in [0.25, 0.3) is 0 Å². The quantitative estimate of drug-likeness (QED) is 0.844. The molecule has 0 saturated heterocycles. The molecule has 1 unspecified atom stereocenters. The molecule has 3 nitrogen and oxygen atoms in total. The largest absolute Gasteiger partial charge is 0.398 e. The maximum absolute atomic E-state index is 10.3. The van der Waals surface area contributed by atoms with Gasteiger partial charge in [0.05, 0.1) is 6.10 Å². The number of anilines is 1. The van der Waals surface area contributed by atoms with Gasteiger partial charge in [-0.05, 0) is 36.3 Å². The van der Waals surface area contributed by atoms with Crippen LogP contribution in [0.4, 0.5) is 5.69 Å². The van der Waals surface area contributed by atoms with Crippen molar-refractivity contribution in [3.8, 4) is 0 Å². The maximum Gasteiger partial charge on any atom is 0.0610 e. The van der Waals surface area contributed by atoms with Crippen LogP contribution in [0.1, 0.15) is 38.2 Å². The summed E-state index contributed by atoms with van der Waals surface area (Å²) in [6.45, 7) is 2.29. The van der Waals surface area contributed by atoms with E-state index in [-0.39, 0.29) is 6.10 Å². The molecule has 0 radical (unpaired) electrons. The van der Waals surface area contributed by atoms with Crippen LogP contribution in [0.5, 0.6) is 0 Å². The van der Waals surface area contributed by atoms with E-state index in [0.717, 1.165) is 30.0 Å². The monoisotopic (exact) mass is 234 g/mol. The van der Waals surface area contributed by atoms with Crippen LogP contribution in [0.3, 0.4) is 0 Å². The van der Waals surface area contributed by atoms with E-state index in [4.69, 9.17) is 5.73 Å². The first-order chi connectivity index (χ1) is 8.16. The summed E-state index contributed by atoms with van der Waals surface area (Å²) in [6, 6.07) is 1.80. The zero-order valence-corrected chi connectivity index (χ0v) is 10.5. The summed E-state index contributed by atoms with van der Waals surface area (Å²) in [4.78, 5) is 4.06. The van der Waals surface area contributed by atoms with Gasteiger partial charge in [-0.2, -0.15) is 0 Å². The molecule has 1 aromatic heterocycles. The highest BCUT2D eigenvalue weighted by atomic mass is 16.3. The topological polar surface area (TPSA) is 59.1 Å². The van der Waals surface area contributed by atoms with E-state index < -0.39 is 0 Å². The molecule has 1 heterocycles. The second-order valence-corrected chi connectivity index (χ2v) is 5.37. The molecule has 0 bridgehead atoms. The fourth-order valence-corrected chi connectivity index (χ4v) is 2.67. The summed E-state index contributed by atoms with van der Waals surface area (Å²) in [5, 5.41) is 10.3. The van der Waals surface area contributed by atoms with Gasteiger partial charge in [-0.3, -0.25) is 4.98 Å². The molecule has 0 spiro atoms. The fraction of sp³-hybridized carbons (Fsp3) is 0.643. The molecular weight excluding hydrogens is 212 g/mol. The molecular formula is C14H22N2O. The Kier molecular flexibility index (Phi) is 4.00. The first kappa shape index (κ1) is 12.4. The minimum absolute atomic E-state index is 0.269. The van der Waals surface area contributed by atoms with Crippen molar-refractivity contribution in [3.63, 3.8) is 0 Å². The summed E-state index contributed by atoms with van der Waals surface area (Å²) in [5.41, 5.74) is 7.58. The minimum Gasteiger partial charge on any atom is -0.398 e. The Morgan fingerprint density at radius 2 is 2.12 bits per heavy atom. The molecule has 0 aliphatic heterocycles. The first-order valence-electron chi connectivity index (χ1n) is 6.53. The van der Waals surface area contributed by atoms with Crippen LogP contribution in [0, 0.1) is 11.8 Å². The van der Waals surface area contributed by atoms with Gasteiger partial charge in [-0.15, -0.1) is 0 Å². The van der Waals surface area contributed by atoms with Crippen LogP contribution in [0.15, 0.2) is 18.5 Å². The van der Waals surface area contributed by atoms with Crippen molar-refractivity contribution in [2.75, 3.05) is 5.73 Å². The summed E-state index contributed by atoms with van der Waals surface area (Å²) < 4.78 is 0. The smallest absolute Gasteiger partial charge is 0.0610 e. The van der Waals surface area contributed by atoms with Crippen LogP contribution < -0.4 is 5.73 Å². The average Bonchev–Trinajstić information content (AvgIpc) is 2.33. The van der Waals surface area contributed by atoms with Gasteiger partial charge in [0.1, 0.15) is 0 Å². The Hall–Kier alpha value is -1.09. The summed E-state index contributed by atoms with van der Waals surface area (Å²) in [7, 11) is 0. The number of pyridine rings is 1. The standard InChI is InChI=1S/C14H22N2O/c1-10-2-4-11(5-3-10)14(17)8-12-9-16-7-6-13(12)15/h6-7,9-11,14,17H,2-5,8H2,1H3,(H2,15,16). The molecule has 1 fully saturated rings. The number of aromatic nitrogens is 1. The normalized spacial score (nSPS) is 26.7. The zero-order chi connectivity index (χ0) is 12.3. The van der Waals surface area contributed by atoms with Crippen molar-refractivity contribution in [1.29, 1.82) is 0 Å². The number of aliphatic hydroxyl groups excluding tert-OH is 1. The third-order valence-electron chi connectivity index (χ3n) is 3.98. The number of aliphatic hydroxyl groups is 1. The Balaban J connectivity index is 1.93. The minimum atomic E-state index is -0.269. The van der Waals surface area contributed by atoms with Crippen molar-refractivity contribution >= 4 is 5.69 Å². The second kappa shape index (κ2) is 5.50. The van der Waals surface area contributed by atoms with E-state index in [1.807, 2.05) is 0 Å². The number of rotatable bonds is 3. The third-order valence-corrected chi connectivity index (χ3v) is 3.98. The highest BCUT2D eigenvalue weighted by Gasteiger charge is 2.25.